The lowest BCUT2D eigenvalue weighted by molar-refractivity contribution is 0.0548. The molecule has 0 saturated carbocycles. The summed E-state index contributed by atoms with van der Waals surface area (Å²) in [4.78, 5) is 27.8. The molecule has 0 aliphatic heterocycles. The summed E-state index contributed by atoms with van der Waals surface area (Å²) in [5.74, 6) is -0.677. The lowest BCUT2D eigenvalue weighted by Gasteiger charge is -2.06. The molecule has 1 N–H and O–H groups in total. The van der Waals surface area contributed by atoms with Crippen molar-refractivity contribution in [3.8, 4) is 0 Å². The Morgan fingerprint density at radius 2 is 1.59 bits per heavy atom. The van der Waals surface area contributed by atoms with Gasteiger partial charge < -0.3 is 10.1 Å². The summed E-state index contributed by atoms with van der Waals surface area (Å²) in [6, 6.07) is 9.81. The van der Waals surface area contributed by atoms with Crippen LogP contribution in [0.2, 0.25) is 0 Å². The molecule has 1 amide bonds. The highest BCUT2D eigenvalue weighted by molar-refractivity contribution is 6.04. The first-order valence-electron chi connectivity index (χ1n) is 9.18. The van der Waals surface area contributed by atoms with Crippen molar-refractivity contribution in [2.45, 2.75) is 41.5 Å². The number of anilines is 1. The molecule has 1 aromatic carbocycles. The molecule has 0 aliphatic rings. The van der Waals surface area contributed by atoms with Gasteiger partial charge in [0.15, 0.2) is 0 Å². The largest absolute Gasteiger partial charge is 0.458 e. The van der Waals surface area contributed by atoms with Crippen LogP contribution in [0.1, 0.15) is 62.3 Å². The highest BCUT2D eigenvalue weighted by atomic mass is 16.5. The van der Waals surface area contributed by atoms with Crippen LogP contribution in [-0.4, -0.2) is 23.5 Å². The molecule has 5 nitrogen and oxygen atoms in total. The van der Waals surface area contributed by atoms with Gasteiger partial charge in [0.05, 0.1) is 17.4 Å². The molecule has 1 aromatic heterocycles. The van der Waals surface area contributed by atoms with E-state index in [1.54, 1.807) is 48.8 Å². The van der Waals surface area contributed by atoms with E-state index >= 15 is 0 Å². The normalized spacial score (nSPS) is 8.81. The van der Waals surface area contributed by atoms with Gasteiger partial charge >= 0.3 is 5.97 Å². The number of allylic oxidation sites excluding steroid dienone is 1. The van der Waals surface area contributed by atoms with Crippen LogP contribution in [0.4, 0.5) is 5.69 Å². The molecule has 2 rings (SSSR count). The van der Waals surface area contributed by atoms with E-state index in [2.05, 4.69) is 10.3 Å². The predicted molar refractivity (Wildman–Crippen MR) is 111 cm³/mol. The van der Waals surface area contributed by atoms with Crippen molar-refractivity contribution in [1.82, 2.24) is 4.98 Å². The number of benzene rings is 1. The zero-order valence-electron chi connectivity index (χ0n) is 17.1. The Morgan fingerprint density at radius 3 is 2.11 bits per heavy atom. The summed E-state index contributed by atoms with van der Waals surface area (Å²) in [5, 5.41) is 2.73. The third-order valence-corrected chi connectivity index (χ3v) is 3.01. The Labute approximate surface area is 162 Å². The second kappa shape index (κ2) is 14.2. The molecule has 0 radical (unpaired) electrons. The molecule has 5 heteroatoms. The van der Waals surface area contributed by atoms with Gasteiger partial charge in [-0.25, -0.2) is 4.79 Å². The molecule has 27 heavy (non-hydrogen) atoms. The van der Waals surface area contributed by atoms with Gasteiger partial charge in [-0.1, -0.05) is 33.3 Å². The summed E-state index contributed by atoms with van der Waals surface area (Å²) in [6.45, 7) is 12.1. The lowest BCUT2D eigenvalue weighted by atomic mass is 10.1. The zero-order chi connectivity index (χ0) is 20.7. The van der Waals surface area contributed by atoms with E-state index in [0.29, 0.717) is 16.8 Å². The maximum atomic E-state index is 12.1. The number of pyridine rings is 1. The average Bonchev–Trinajstić information content (AvgIpc) is 2.71. The number of carbonyl (C=O) groups excluding carboxylic acids is 2. The van der Waals surface area contributed by atoms with Crippen LogP contribution in [0.5, 0.6) is 0 Å². The number of hydrogen-bond donors (Lipinski definition) is 1. The van der Waals surface area contributed by atoms with Crippen LogP contribution < -0.4 is 5.32 Å². The van der Waals surface area contributed by atoms with Crippen LogP contribution in [0, 0.1) is 0 Å². The van der Waals surface area contributed by atoms with Crippen LogP contribution in [0.15, 0.2) is 60.4 Å². The van der Waals surface area contributed by atoms with E-state index in [-0.39, 0.29) is 12.5 Å². The zero-order valence-corrected chi connectivity index (χ0v) is 17.1. The third-order valence-electron chi connectivity index (χ3n) is 3.01. The van der Waals surface area contributed by atoms with E-state index in [9.17, 15) is 9.59 Å². The minimum Gasteiger partial charge on any atom is -0.458 e. The second-order valence-electron chi connectivity index (χ2n) is 5.15. The minimum absolute atomic E-state index is 0.240. The number of carbonyl (C=O) groups is 2. The Kier molecular flexibility index (Phi) is 12.7. The Hall–Kier alpha value is -2.95. The topological polar surface area (TPSA) is 68.3 Å². The summed E-state index contributed by atoms with van der Waals surface area (Å²) in [6.07, 6.45) is 5.02. The number of nitrogens with zero attached hydrogens (tertiary/aromatic N) is 1. The van der Waals surface area contributed by atoms with Crippen molar-refractivity contribution < 1.29 is 14.3 Å². The molecule has 0 atom stereocenters. The van der Waals surface area contributed by atoms with Gasteiger partial charge in [0.2, 0.25) is 0 Å². The fourth-order valence-electron chi connectivity index (χ4n) is 1.77. The van der Waals surface area contributed by atoms with E-state index < -0.39 is 5.97 Å². The van der Waals surface area contributed by atoms with E-state index in [1.807, 2.05) is 47.6 Å². The second-order valence-corrected chi connectivity index (χ2v) is 5.15. The van der Waals surface area contributed by atoms with E-state index in [4.69, 9.17) is 4.74 Å². The lowest BCUT2D eigenvalue weighted by Crippen LogP contribution is -2.12. The first-order valence-corrected chi connectivity index (χ1v) is 9.18. The number of aromatic nitrogens is 1. The van der Waals surface area contributed by atoms with Crippen LogP contribution in [-0.2, 0) is 4.74 Å². The van der Waals surface area contributed by atoms with Gasteiger partial charge in [0, 0.05) is 11.8 Å². The Morgan fingerprint density at radius 1 is 1.00 bits per heavy atom. The molecule has 0 fully saturated rings. The monoisotopic (exact) mass is 370 g/mol. The number of ether oxygens (including phenoxy) is 1. The quantitative estimate of drug-likeness (QED) is 0.556. The smallest absolute Gasteiger partial charge is 0.338 e. The first kappa shape index (κ1) is 24.1. The van der Waals surface area contributed by atoms with Crippen molar-refractivity contribution in [3.63, 3.8) is 0 Å². The van der Waals surface area contributed by atoms with Gasteiger partial charge in [-0.05, 0) is 56.3 Å². The SMILES string of the molecule is CC.CC.CC(C)=CCOC(=O)c1ccc(C(=O)Nc2cccnc2)cc1. The average molecular weight is 370 g/mol. The fraction of sp³-hybridized carbons (Fsp3) is 0.318. The predicted octanol–water partition coefficient (Wildman–Crippen LogP) is 5.51. The van der Waals surface area contributed by atoms with Crippen LogP contribution >= 0.6 is 0 Å². The van der Waals surface area contributed by atoms with Gasteiger partial charge in [-0.15, -0.1) is 0 Å². The fourth-order valence-corrected chi connectivity index (χ4v) is 1.77. The number of rotatable bonds is 5. The summed E-state index contributed by atoms with van der Waals surface area (Å²) in [5.41, 5.74) is 2.56. The molecule has 0 aliphatic carbocycles. The maximum absolute atomic E-state index is 12.1. The molecule has 0 unspecified atom stereocenters. The van der Waals surface area contributed by atoms with E-state index in [1.165, 1.54) is 0 Å². The molecule has 0 saturated heterocycles. The van der Waals surface area contributed by atoms with Gasteiger partial charge in [0.25, 0.3) is 5.91 Å². The van der Waals surface area contributed by atoms with Crippen molar-refractivity contribution in [1.29, 1.82) is 0 Å². The van der Waals surface area contributed by atoms with Crippen molar-refractivity contribution >= 4 is 17.6 Å². The molecule has 2 aromatic rings. The third kappa shape index (κ3) is 9.35. The number of amides is 1. The number of hydrogen-bond acceptors (Lipinski definition) is 4. The van der Waals surface area contributed by atoms with Gasteiger partial charge in [-0.2, -0.15) is 0 Å². The van der Waals surface area contributed by atoms with E-state index in [0.717, 1.165) is 5.57 Å². The van der Waals surface area contributed by atoms with Gasteiger partial charge in [0.1, 0.15) is 6.61 Å². The standard InChI is InChI=1S/C18H18N2O3.2C2H6/c1-13(2)9-11-23-18(22)15-7-5-14(6-8-15)17(21)20-16-4-3-10-19-12-16;2*1-2/h3-10,12H,11H2,1-2H3,(H,20,21);2*1-2H3. The summed E-state index contributed by atoms with van der Waals surface area (Å²) in [7, 11) is 0. The molecular formula is C22H30N2O3. The Bertz CT molecular complexity index is 704. The minimum atomic E-state index is -0.415. The molecule has 1 heterocycles. The summed E-state index contributed by atoms with van der Waals surface area (Å²) >= 11 is 0. The highest BCUT2D eigenvalue weighted by Crippen LogP contribution is 2.10. The number of nitrogens with one attached hydrogen (secondary N) is 1. The molecule has 0 spiro atoms. The van der Waals surface area contributed by atoms with Gasteiger partial charge in [-0.3, -0.25) is 9.78 Å². The van der Waals surface area contributed by atoms with Crippen molar-refractivity contribution in [3.05, 3.63) is 71.6 Å². The molecule has 146 valence electrons. The highest BCUT2D eigenvalue weighted by Gasteiger charge is 2.10. The first-order chi connectivity index (χ1) is 13.1. The van der Waals surface area contributed by atoms with Crippen LogP contribution in [0.25, 0.3) is 0 Å². The molecule has 0 bridgehead atoms. The Balaban J connectivity index is 0.00000158. The van der Waals surface area contributed by atoms with Crippen molar-refractivity contribution in [2.75, 3.05) is 11.9 Å². The van der Waals surface area contributed by atoms with Crippen molar-refractivity contribution in [2.24, 2.45) is 0 Å². The number of esters is 1. The summed E-state index contributed by atoms with van der Waals surface area (Å²) < 4.78 is 5.11. The molecular weight excluding hydrogens is 340 g/mol. The van der Waals surface area contributed by atoms with Crippen LogP contribution in [0.3, 0.4) is 0 Å². The maximum Gasteiger partial charge on any atom is 0.338 e.